The Labute approximate surface area is 187 Å². The SMILES string of the molecule is Cc1ccc(NCC(=O)NNC(=O)c2cccc(NS(=O)(=O)c3ccccc3)c2)c(C)c1. The molecule has 0 fully saturated rings. The van der Waals surface area contributed by atoms with Crippen LogP contribution in [0.15, 0.2) is 77.7 Å². The molecule has 8 nitrogen and oxygen atoms in total. The number of nitrogens with one attached hydrogen (secondary N) is 4. The lowest BCUT2D eigenvalue weighted by Gasteiger charge is -2.12. The van der Waals surface area contributed by atoms with Crippen molar-refractivity contribution < 1.29 is 18.0 Å². The van der Waals surface area contributed by atoms with E-state index in [9.17, 15) is 18.0 Å². The summed E-state index contributed by atoms with van der Waals surface area (Å²) in [6, 6.07) is 19.7. The maximum absolute atomic E-state index is 12.5. The van der Waals surface area contributed by atoms with E-state index >= 15 is 0 Å². The van der Waals surface area contributed by atoms with Gasteiger partial charge in [0.1, 0.15) is 0 Å². The summed E-state index contributed by atoms with van der Waals surface area (Å²) in [5.41, 5.74) is 8.03. The maximum Gasteiger partial charge on any atom is 0.269 e. The van der Waals surface area contributed by atoms with E-state index in [-0.39, 0.29) is 22.7 Å². The van der Waals surface area contributed by atoms with Crippen molar-refractivity contribution in [3.63, 3.8) is 0 Å². The van der Waals surface area contributed by atoms with Gasteiger partial charge < -0.3 is 5.32 Å². The molecule has 3 rings (SSSR count). The Bertz CT molecular complexity index is 1230. The van der Waals surface area contributed by atoms with E-state index in [1.54, 1.807) is 24.3 Å². The first-order chi connectivity index (χ1) is 15.2. The molecular formula is C23H24N4O4S. The van der Waals surface area contributed by atoms with Crippen LogP contribution in [0.3, 0.4) is 0 Å². The van der Waals surface area contributed by atoms with Gasteiger partial charge in [0.2, 0.25) is 0 Å². The Morgan fingerprint density at radius 3 is 2.31 bits per heavy atom. The molecule has 0 saturated carbocycles. The van der Waals surface area contributed by atoms with Gasteiger partial charge in [0.05, 0.1) is 11.4 Å². The lowest BCUT2D eigenvalue weighted by Crippen LogP contribution is -2.44. The second kappa shape index (κ2) is 9.97. The Balaban J connectivity index is 1.56. The molecule has 2 amide bonds. The van der Waals surface area contributed by atoms with E-state index in [4.69, 9.17) is 0 Å². The van der Waals surface area contributed by atoms with Gasteiger partial charge >= 0.3 is 0 Å². The fourth-order valence-electron chi connectivity index (χ4n) is 2.97. The van der Waals surface area contributed by atoms with Crippen LogP contribution >= 0.6 is 0 Å². The summed E-state index contributed by atoms with van der Waals surface area (Å²) in [4.78, 5) is 24.6. The van der Waals surface area contributed by atoms with E-state index in [0.717, 1.165) is 16.8 Å². The van der Waals surface area contributed by atoms with Gasteiger partial charge in [-0.2, -0.15) is 0 Å². The summed E-state index contributed by atoms with van der Waals surface area (Å²) in [6.07, 6.45) is 0. The van der Waals surface area contributed by atoms with Crippen LogP contribution in [-0.2, 0) is 14.8 Å². The van der Waals surface area contributed by atoms with Crippen molar-refractivity contribution in [3.8, 4) is 0 Å². The molecular weight excluding hydrogens is 428 g/mol. The number of anilines is 2. The topological polar surface area (TPSA) is 116 Å². The molecule has 0 aliphatic carbocycles. The highest BCUT2D eigenvalue weighted by Crippen LogP contribution is 2.17. The number of carbonyl (C=O) groups is 2. The zero-order valence-corrected chi connectivity index (χ0v) is 18.5. The van der Waals surface area contributed by atoms with E-state index < -0.39 is 21.8 Å². The fourth-order valence-corrected chi connectivity index (χ4v) is 4.04. The smallest absolute Gasteiger partial charge is 0.269 e. The lowest BCUT2D eigenvalue weighted by molar-refractivity contribution is -0.120. The predicted molar refractivity (Wildman–Crippen MR) is 124 cm³/mol. The molecule has 0 aliphatic rings. The number of hydrazine groups is 1. The predicted octanol–water partition coefficient (Wildman–Crippen LogP) is 2.98. The molecule has 0 radical (unpaired) electrons. The highest BCUT2D eigenvalue weighted by molar-refractivity contribution is 7.92. The number of benzene rings is 3. The second-order valence-corrected chi connectivity index (χ2v) is 8.86. The molecule has 0 saturated heterocycles. The number of hydrogen-bond acceptors (Lipinski definition) is 5. The molecule has 0 aromatic heterocycles. The summed E-state index contributed by atoms with van der Waals surface area (Å²) in [5.74, 6) is -1.01. The van der Waals surface area contributed by atoms with Gasteiger partial charge in [0, 0.05) is 16.9 Å². The van der Waals surface area contributed by atoms with Crippen molar-refractivity contribution in [2.45, 2.75) is 18.7 Å². The molecule has 3 aromatic carbocycles. The fraction of sp³-hybridized carbons (Fsp3) is 0.130. The van der Waals surface area contributed by atoms with Crippen molar-refractivity contribution in [2.24, 2.45) is 0 Å². The third-order valence-corrected chi connectivity index (χ3v) is 5.96. The van der Waals surface area contributed by atoms with Gasteiger partial charge in [0.15, 0.2) is 0 Å². The van der Waals surface area contributed by atoms with Gasteiger partial charge in [-0.25, -0.2) is 8.42 Å². The summed E-state index contributed by atoms with van der Waals surface area (Å²) < 4.78 is 27.3. The van der Waals surface area contributed by atoms with Crippen LogP contribution in [0.2, 0.25) is 0 Å². The average molecular weight is 453 g/mol. The number of carbonyl (C=O) groups excluding carboxylic acids is 2. The van der Waals surface area contributed by atoms with E-state index in [2.05, 4.69) is 20.9 Å². The largest absolute Gasteiger partial charge is 0.376 e. The molecule has 32 heavy (non-hydrogen) atoms. The number of rotatable bonds is 7. The highest BCUT2D eigenvalue weighted by atomic mass is 32.2. The molecule has 0 heterocycles. The van der Waals surface area contributed by atoms with Gasteiger partial charge in [-0.3, -0.25) is 25.2 Å². The first-order valence-corrected chi connectivity index (χ1v) is 11.3. The summed E-state index contributed by atoms with van der Waals surface area (Å²) in [7, 11) is -3.78. The Morgan fingerprint density at radius 2 is 1.59 bits per heavy atom. The summed E-state index contributed by atoms with van der Waals surface area (Å²) >= 11 is 0. The Morgan fingerprint density at radius 1 is 0.844 bits per heavy atom. The quantitative estimate of drug-likeness (QED) is 0.411. The van der Waals surface area contributed by atoms with Crippen LogP contribution < -0.4 is 20.9 Å². The Hall–Kier alpha value is -3.85. The molecule has 3 aromatic rings. The molecule has 9 heteroatoms. The van der Waals surface area contributed by atoms with E-state index in [0.29, 0.717) is 0 Å². The van der Waals surface area contributed by atoms with Gasteiger partial charge in [-0.1, -0.05) is 42.0 Å². The second-order valence-electron chi connectivity index (χ2n) is 7.17. The first-order valence-electron chi connectivity index (χ1n) is 9.83. The molecule has 0 unspecified atom stereocenters. The number of sulfonamides is 1. The van der Waals surface area contributed by atoms with Crippen LogP contribution in [0.4, 0.5) is 11.4 Å². The average Bonchev–Trinajstić information content (AvgIpc) is 2.77. The van der Waals surface area contributed by atoms with Crippen LogP contribution in [0.1, 0.15) is 21.5 Å². The monoisotopic (exact) mass is 452 g/mol. The zero-order chi connectivity index (χ0) is 23.1. The first kappa shape index (κ1) is 22.8. The molecule has 0 spiro atoms. The maximum atomic E-state index is 12.5. The van der Waals surface area contributed by atoms with Crippen LogP contribution in [0.5, 0.6) is 0 Å². The third kappa shape index (κ3) is 6.08. The van der Waals surface area contributed by atoms with Crippen LogP contribution in [-0.4, -0.2) is 26.8 Å². The van der Waals surface area contributed by atoms with Crippen LogP contribution in [0.25, 0.3) is 0 Å². The van der Waals surface area contributed by atoms with Crippen molar-refractivity contribution in [2.75, 3.05) is 16.6 Å². The van der Waals surface area contributed by atoms with Crippen LogP contribution in [0, 0.1) is 13.8 Å². The number of aryl methyl sites for hydroxylation is 2. The van der Waals surface area contributed by atoms with E-state index in [1.165, 1.54) is 30.3 Å². The van der Waals surface area contributed by atoms with Crippen molar-refractivity contribution >= 4 is 33.2 Å². The lowest BCUT2D eigenvalue weighted by atomic mass is 10.1. The van der Waals surface area contributed by atoms with E-state index in [1.807, 2.05) is 32.0 Å². The van der Waals surface area contributed by atoms with Crippen molar-refractivity contribution in [3.05, 3.63) is 89.5 Å². The minimum absolute atomic E-state index is 0.0267. The highest BCUT2D eigenvalue weighted by Gasteiger charge is 2.15. The standard InChI is InChI=1S/C23H24N4O4S/c1-16-11-12-21(17(2)13-16)24-15-22(28)25-26-23(29)18-7-6-8-19(14-18)27-32(30,31)20-9-4-3-5-10-20/h3-14,24,27H,15H2,1-2H3,(H,25,28)(H,26,29). The molecule has 0 atom stereocenters. The summed E-state index contributed by atoms with van der Waals surface area (Å²) in [5, 5.41) is 3.01. The minimum atomic E-state index is -3.78. The molecule has 0 aliphatic heterocycles. The normalized spacial score (nSPS) is 10.8. The van der Waals surface area contributed by atoms with Crippen molar-refractivity contribution in [1.82, 2.24) is 10.9 Å². The zero-order valence-electron chi connectivity index (χ0n) is 17.7. The number of amides is 2. The molecule has 0 bridgehead atoms. The van der Waals surface area contributed by atoms with Crippen molar-refractivity contribution in [1.29, 1.82) is 0 Å². The van der Waals surface area contributed by atoms with Gasteiger partial charge in [0.25, 0.3) is 21.8 Å². The molecule has 166 valence electrons. The summed E-state index contributed by atoms with van der Waals surface area (Å²) in [6.45, 7) is 3.90. The van der Waals surface area contributed by atoms with Gasteiger partial charge in [-0.15, -0.1) is 0 Å². The molecule has 4 N–H and O–H groups in total. The minimum Gasteiger partial charge on any atom is -0.376 e. The Kier molecular flexibility index (Phi) is 7.11. The van der Waals surface area contributed by atoms with Gasteiger partial charge in [-0.05, 0) is 55.8 Å². The number of hydrogen-bond donors (Lipinski definition) is 4. The third-order valence-electron chi connectivity index (χ3n) is 4.57.